The van der Waals surface area contributed by atoms with Crippen molar-refractivity contribution in [1.29, 1.82) is 0 Å². The average molecular weight is 421 g/mol. The minimum atomic E-state index is 0.0595. The van der Waals surface area contributed by atoms with Crippen molar-refractivity contribution in [3.05, 3.63) is 46.6 Å². The van der Waals surface area contributed by atoms with Gasteiger partial charge in [0.15, 0.2) is 5.16 Å². The number of amides is 1. The van der Waals surface area contributed by atoms with Crippen molar-refractivity contribution in [1.82, 2.24) is 14.9 Å². The van der Waals surface area contributed by atoms with E-state index in [4.69, 9.17) is 16.3 Å². The van der Waals surface area contributed by atoms with Crippen molar-refractivity contribution in [3.8, 4) is 0 Å². The number of nitrogens with zero attached hydrogens (tertiary/aromatic N) is 4. The molecule has 0 aliphatic carbocycles. The second-order valence-corrected chi connectivity index (χ2v) is 7.97. The van der Waals surface area contributed by atoms with Crippen LogP contribution in [0, 0.1) is 0 Å². The third-order valence-electron chi connectivity index (χ3n) is 4.48. The molecule has 1 amide bonds. The first-order chi connectivity index (χ1) is 13.6. The summed E-state index contributed by atoms with van der Waals surface area (Å²) in [5.74, 6) is 1.60. The van der Waals surface area contributed by atoms with Gasteiger partial charge in [0.25, 0.3) is 5.91 Å². The Balaban J connectivity index is 1.61. The van der Waals surface area contributed by atoms with Gasteiger partial charge in [0.2, 0.25) is 0 Å². The van der Waals surface area contributed by atoms with Crippen molar-refractivity contribution in [2.75, 3.05) is 44.8 Å². The maximum absolute atomic E-state index is 12.5. The summed E-state index contributed by atoms with van der Waals surface area (Å²) in [4.78, 5) is 25.3. The van der Waals surface area contributed by atoms with Gasteiger partial charge in [-0.25, -0.2) is 9.97 Å². The number of rotatable bonds is 7. The van der Waals surface area contributed by atoms with Crippen LogP contribution in [0.2, 0.25) is 5.15 Å². The maximum Gasteiger partial charge on any atom is 0.254 e. The zero-order chi connectivity index (χ0) is 19.9. The van der Waals surface area contributed by atoms with Crippen LogP contribution in [-0.2, 0) is 10.5 Å². The predicted octanol–water partition coefficient (Wildman–Crippen LogP) is 3.74. The second-order valence-electron chi connectivity index (χ2n) is 6.64. The number of anilines is 1. The van der Waals surface area contributed by atoms with Gasteiger partial charge in [0, 0.05) is 44.1 Å². The molecule has 1 aromatic carbocycles. The highest BCUT2D eigenvalue weighted by atomic mass is 35.5. The van der Waals surface area contributed by atoms with E-state index < -0.39 is 0 Å². The van der Waals surface area contributed by atoms with Crippen LogP contribution in [0.25, 0.3) is 0 Å². The lowest BCUT2D eigenvalue weighted by Crippen LogP contribution is -2.40. The molecule has 0 spiro atoms. The van der Waals surface area contributed by atoms with Crippen LogP contribution in [0.1, 0.15) is 29.3 Å². The van der Waals surface area contributed by atoms with Gasteiger partial charge in [-0.05, 0) is 24.1 Å². The lowest BCUT2D eigenvalue weighted by molar-refractivity contribution is 0.0303. The highest BCUT2D eigenvalue weighted by Gasteiger charge is 2.18. The Hall–Kier alpha value is -1.83. The third kappa shape index (κ3) is 5.59. The molecule has 8 heteroatoms. The molecule has 3 rings (SSSR count). The number of morpholine rings is 1. The zero-order valence-corrected chi connectivity index (χ0v) is 17.8. The molecular weight excluding hydrogens is 396 g/mol. The fraction of sp³-hybridized carbons (Fsp3) is 0.450. The molecule has 0 bridgehead atoms. The Kier molecular flexibility index (Phi) is 7.53. The van der Waals surface area contributed by atoms with Gasteiger partial charge < -0.3 is 14.5 Å². The van der Waals surface area contributed by atoms with E-state index in [1.54, 1.807) is 6.07 Å². The molecule has 0 N–H and O–H groups in total. The summed E-state index contributed by atoms with van der Waals surface area (Å²) in [7, 11) is 2.00. The number of benzene rings is 1. The first-order valence-electron chi connectivity index (χ1n) is 9.41. The van der Waals surface area contributed by atoms with Gasteiger partial charge in [-0.1, -0.05) is 42.4 Å². The van der Waals surface area contributed by atoms with Gasteiger partial charge in [-0.3, -0.25) is 4.79 Å². The van der Waals surface area contributed by atoms with E-state index in [0.29, 0.717) is 47.9 Å². The summed E-state index contributed by atoms with van der Waals surface area (Å²) in [6.07, 6.45) is 1.04. The number of hydrogen-bond donors (Lipinski definition) is 0. The minimum Gasteiger partial charge on any atom is -0.378 e. The van der Waals surface area contributed by atoms with E-state index in [-0.39, 0.29) is 5.91 Å². The molecule has 2 aromatic rings. The number of carbonyl (C=O) groups is 1. The standard InChI is InChI=1S/C20H25ClN4O2S/c1-3-8-24(2)18-13-17(21)22-20(23-18)28-14-15-4-6-16(7-5-15)19(26)25-9-11-27-12-10-25/h4-7,13H,3,8-12,14H2,1-2H3. The summed E-state index contributed by atoms with van der Waals surface area (Å²) in [5, 5.41) is 1.10. The number of hydrogen-bond acceptors (Lipinski definition) is 6. The minimum absolute atomic E-state index is 0.0595. The van der Waals surface area contributed by atoms with Crippen molar-refractivity contribution >= 4 is 35.1 Å². The molecular formula is C20H25ClN4O2S. The van der Waals surface area contributed by atoms with Crippen LogP contribution in [0.5, 0.6) is 0 Å². The number of ether oxygens (including phenoxy) is 1. The molecule has 2 heterocycles. The SMILES string of the molecule is CCCN(C)c1cc(Cl)nc(SCc2ccc(C(=O)N3CCOCC3)cc2)n1. The van der Waals surface area contributed by atoms with Crippen molar-refractivity contribution in [2.24, 2.45) is 0 Å². The molecule has 1 saturated heterocycles. The second kappa shape index (κ2) is 10.1. The van der Waals surface area contributed by atoms with Crippen LogP contribution in [0.3, 0.4) is 0 Å². The Morgan fingerprint density at radius 1 is 1.25 bits per heavy atom. The number of carbonyl (C=O) groups excluding carboxylic acids is 1. The Morgan fingerprint density at radius 2 is 1.96 bits per heavy atom. The van der Waals surface area contributed by atoms with Gasteiger partial charge >= 0.3 is 0 Å². The average Bonchev–Trinajstić information content (AvgIpc) is 2.72. The summed E-state index contributed by atoms with van der Waals surface area (Å²) in [6, 6.07) is 9.51. The van der Waals surface area contributed by atoms with Gasteiger partial charge in [-0.15, -0.1) is 0 Å². The first kappa shape index (κ1) is 20.9. The molecule has 1 fully saturated rings. The molecule has 1 aromatic heterocycles. The molecule has 28 heavy (non-hydrogen) atoms. The lowest BCUT2D eigenvalue weighted by Gasteiger charge is -2.26. The number of halogens is 1. The van der Waals surface area contributed by atoms with Crippen LogP contribution in [0.15, 0.2) is 35.5 Å². The van der Waals surface area contributed by atoms with E-state index >= 15 is 0 Å². The van der Waals surface area contributed by atoms with Crippen molar-refractivity contribution in [2.45, 2.75) is 24.3 Å². The largest absolute Gasteiger partial charge is 0.378 e. The maximum atomic E-state index is 12.5. The van der Waals surface area contributed by atoms with E-state index in [0.717, 1.165) is 24.3 Å². The van der Waals surface area contributed by atoms with Gasteiger partial charge in [0.1, 0.15) is 11.0 Å². The molecule has 1 aliphatic rings. The highest BCUT2D eigenvalue weighted by molar-refractivity contribution is 7.98. The smallest absolute Gasteiger partial charge is 0.254 e. The molecule has 0 atom stereocenters. The molecule has 0 saturated carbocycles. The fourth-order valence-electron chi connectivity index (χ4n) is 2.94. The van der Waals surface area contributed by atoms with Crippen LogP contribution >= 0.6 is 23.4 Å². The summed E-state index contributed by atoms with van der Waals surface area (Å²) in [6.45, 7) is 5.55. The van der Waals surface area contributed by atoms with Gasteiger partial charge in [0.05, 0.1) is 13.2 Å². The molecule has 1 aliphatic heterocycles. The topological polar surface area (TPSA) is 58.6 Å². The number of aromatic nitrogens is 2. The highest BCUT2D eigenvalue weighted by Crippen LogP contribution is 2.24. The molecule has 150 valence electrons. The fourth-order valence-corrected chi connectivity index (χ4v) is 3.97. The van der Waals surface area contributed by atoms with E-state index in [9.17, 15) is 4.79 Å². The van der Waals surface area contributed by atoms with Crippen LogP contribution < -0.4 is 4.90 Å². The monoisotopic (exact) mass is 420 g/mol. The Bertz CT molecular complexity index is 797. The molecule has 6 nitrogen and oxygen atoms in total. The predicted molar refractivity (Wildman–Crippen MR) is 113 cm³/mol. The van der Waals surface area contributed by atoms with E-state index in [1.165, 1.54) is 11.8 Å². The lowest BCUT2D eigenvalue weighted by atomic mass is 10.1. The Labute approximate surface area is 175 Å². The summed E-state index contributed by atoms with van der Waals surface area (Å²) < 4.78 is 5.30. The van der Waals surface area contributed by atoms with E-state index in [1.807, 2.05) is 36.2 Å². The molecule has 0 unspecified atom stereocenters. The normalized spacial score (nSPS) is 14.2. The van der Waals surface area contributed by atoms with Crippen LogP contribution in [-0.4, -0.2) is 60.7 Å². The quantitative estimate of drug-likeness (QED) is 0.386. The van der Waals surface area contributed by atoms with E-state index in [2.05, 4.69) is 21.8 Å². The van der Waals surface area contributed by atoms with Crippen LogP contribution in [0.4, 0.5) is 5.82 Å². The zero-order valence-electron chi connectivity index (χ0n) is 16.2. The Morgan fingerprint density at radius 3 is 2.64 bits per heavy atom. The summed E-state index contributed by atoms with van der Waals surface area (Å²) in [5.41, 5.74) is 1.81. The van der Waals surface area contributed by atoms with Crippen molar-refractivity contribution in [3.63, 3.8) is 0 Å². The first-order valence-corrected chi connectivity index (χ1v) is 10.8. The molecule has 0 radical (unpaired) electrons. The number of thioether (sulfide) groups is 1. The summed E-state index contributed by atoms with van der Waals surface area (Å²) >= 11 is 7.70. The van der Waals surface area contributed by atoms with Gasteiger partial charge in [-0.2, -0.15) is 0 Å². The van der Waals surface area contributed by atoms with Crippen molar-refractivity contribution < 1.29 is 9.53 Å². The third-order valence-corrected chi connectivity index (χ3v) is 5.59.